The van der Waals surface area contributed by atoms with Crippen LogP contribution < -0.4 is 5.32 Å². The lowest BCUT2D eigenvalue weighted by Gasteiger charge is -2.55. The summed E-state index contributed by atoms with van der Waals surface area (Å²) in [4.78, 5) is 5.32. The minimum atomic E-state index is 0.516. The van der Waals surface area contributed by atoms with Gasteiger partial charge in [-0.25, -0.2) is 0 Å². The summed E-state index contributed by atoms with van der Waals surface area (Å²) in [7, 11) is 0. The van der Waals surface area contributed by atoms with E-state index < -0.39 is 0 Å². The molecule has 0 saturated carbocycles. The molecule has 1 aliphatic carbocycles. The summed E-state index contributed by atoms with van der Waals surface area (Å²) in [5.74, 6) is 1.52. The highest BCUT2D eigenvalue weighted by atomic mass is 32.1. The lowest BCUT2D eigenvalue weighted by molar-refractivity contribution is 0.0132. The highest BCUT2D eigenvalue weighted by molar-refractivity contribution is 7.80. The van der Waals surface area contributed by atoms with Crippen LogP contribution in [0.4, 0.5) is 5.69 Å². The van der Waals surface area contributed by atoms with Gasteiger partial charge in [-0.2, -0.15) is 0 Å². The monoisotopic (exact) mass is 381 g/mol. The van der Waals surface area contributed by atoms with Crippen LogP contribution >= 0.6 is 12.2 Å². The van der Waals surface area contributed by atoms with Crippen LogP contribution in [0.15, 0.2) is 35.9 Å². The fourth-order valence-electron chi connectivity index (χ4n) is 6.10. The number of fused-ring (bicyclic) bond motifs is 6. The van der Waals surface area contributed by atoms with E-state index in [9.17, 15) is 0 Å². The standard InChI is InChI=1S/C23H31N3S/c1-16-7-2-3-9-20(16)24-23(27)26-12-6-8-17-13-18-14-19(22(17)26)15-25-11-5-4-10-21(18)25/h2-3,7,9,13,18-19,21-22H,4-6,8,10-12,14-15H2,1H3,(H,24,27)/t18?,19?,21-,22-/m1/s1. The molecular formula is C23H31N3S. The van der Waals surface area contributed by atoms with Crippen molar-refractivity contribution in [2.24, 2.45) is 11.8 Å². The van der Waals surface area contributed by atoms with Crippen LogP contribution in [-0.4, -0.2) is 46.6 Å². The molecule has 27 heavy (non-hydrogen) atoms. The summed E-state index contributed by atoms with van der Waals surface area (Å²) in [6, 6.07) is 9.79. The predicted molar refractivity (Wildman–Crippen MR) is 116 cm³/mol. The van der Waals surface area contributed by atoms with E-state index in [1.165, 1.54) is 57.2 Å². The van der Waals surface area contributed by atoms with Crippen molar-refractivity contribution in [3.05, 3.63) is 41.5 Å². The predicted octanol–water partition coefficient (Wildman–Crippen LogP) is 4.59. The molecule has 0 radical (unpaired) electrons. The van der Waals surface area contributed by atoms with E-state index in [1.807, 2.05) is 0 Å². The van der Waals surface area contributed by atoms with Crippen LogP contribution in [0, 0.1) is 18.8 Å². The molecule has 4 heteroatoms. The molecule has 1 aromatic rings. The molecule has 0 spiro atoms. The lowest BCUT2D eigenvalue weighted by Crippen LogP contribution is -2.60. The van der Waals surface area contributed by atoms with Crippen molar-refractivity contribution in [2.75, 3.05) is 25.0 Å². The average Bonchev–Trinajstić information content (AvgIpc) is 2.69. The second-order valence-corrected chi connectivity index (χ2v) is 9.33. The molecule has 3 nitrogen and oxygen atoms in total. The molecule has 3 saturated heterocycles. The third-order valence-corrected chi connectivity index (χ3v) is 7.64. The molecule has 1 N–H and O–H groups in total. The van der Waals surface area contributed by atoms with Gasteiger partial charge < -0.3 is 10.2 Å². The Balaban J connectivity index is 1.40. The third kappa shape index (κ3) is 3.21. The normalized spacial score (nSPS) is 32.9. The van der Waals surface area contributed by atoms with Gasteiger partial charge in [0.15, 0.2) is 5.11 Å². The number of nitrogens with zero attached hydrogens (tertiary/aromatic N) is 2. The zero-order valence-electron chi connectivity index (χ0n) is 16.4. The zero-order chi connectivity index (χ0) is 18.4. The summed E-state index contributed by atoms with van der Waals surface area (Å²) < 4.78 is 0. The quantitative estimate of drug-likeness (QED) is 0.566. The van der Waals surface area contributed by atoms with Crippen LogP contribution in [0.1, 0.15) is 44.1 Å². The molecule has 3 fully saturated rings. The van der Waals surface area contributed by atoms with Crippen LogP contribution in [-0.2, 0) is 0 Å². The van der Waals surface area contributed by atoms with Crippen molar-refractivity contribution >= 4 is 23.0 Å². The van der Waals surface area contributed by atoms with Crippen LogP contribution in [0.2, 0.25) is 0 Å². The van der Waals surface area contributed by atoms with Crippen molar-refractivity contribution in [3.63, 3.8) is 0 Å². The van der Waals surface area contributed by atoms with Crippen LogP contribution in [0.3, 0.4) is 0 Å². The van der Waals surface area contributed by atoms with Gasteiger partial charge in [0.2, 0.25) is 0 Å². The second kappa shape index (κ2) is 7.21. The van der Waals surface area contributed by atoms with Gasteiger partial charge in [0.25, 0.3) is 0 Å². The molecule has 3 heterocycles. The van der Waals surface area contributed by atoms with E-state index in [1.54, 1.807) is 5.57 Å². The molecule has 0 aromatic heterocycles. The first-order valence-electron chi connectivity index (χ1n) is 10.8. The molecule has 4 aliphatic rings. The molecule has 5 rings (SSSR count). The van der Waals surface area contributed by atoms with E-state index in [2.05, 4.69) is 52.4 Å². The maximum absolute atomic E-state index is 5.92. The molecule has 3 aliphatic heterocycles. The van der Waals surface area contributed by atoms with Gasteiger partial charge in [0, 0.05) is 24.8 Å². The Kier molecular flexibility index (Phi) is 4.73. The Morgan fingerprint density at radius 1 is 1.15 bits per heavy atom. The largest absolute Gasteiger partial charge is 0.342 e. The summed E-state index contributed by atoms with van der Waals surface area (Å²) in [6.45, 7) is 5.81. The number of hydrogen-bond acceptors (Lipinski definition) is 2. The van der Waals surface area contributed by atoms with E-state index >= 15 is 0 Å². The molecule has 1 aromatic carbocycles. The highest BCUT2D eigenvalue weighted by Crippen LogP contribution is 2.45. The van der Waals surface area contributed by atoms with E-state index in [4.69, 9.17) is 12.2 Å². The third-order valence-electron chi connectivity index (χ3n) is 7.30. The number of rotatable bonds is 1. The van der Waals surface area contributed by atoms with Gasteiger partial charge >= 0.3 is 0 Å². The fraction of sp³-hybridized carbons (Fsp3) is 0.609. The average molecular weight is 382 g/mol. The SMILES string of the molecule is Cc1ccccc1NC(=S)N1CCCC2=CC3CC(CN4CCCC[C@H]34)[C@@H]21. The highest BCUT2D eigenvalue weighted by Gasteiger charge is 2.46. The topological polar surface area (TPSA) is 18.5 Å². The number of anilines is 1. The Bertz CT molecular complexity index is 758. The van der Waals surface area contributed by atoms with E-state index in [-0.39, 0.29) is 0 Å². The van der Waals surface area contributed by atoms with Crippen molar-refractivity contribution < 1.29 is 0 Å². The zero-order valence-corrected chi connectivity index (χ0v) is 17.2. The maximum atomic E-state index is 5.92. The van der Waals surface area contributed by atoms with Crippen molar-refractivity contribution in [3.8, 4) is 0 Å². The van der Waals surface area contributed by atoms with Gasteiger partial charge in [0.1, 0.15) is 0 Å². The van der Waals surface area contributed by atoms with Crippen molar-refractivity contribution in [1.82, 2.24) is 9.80 Å². The fourth-order valence-corrected chi connectivity index (χ4v) is 6.42. The molecule has 2 unspecified atom stereocenters. The second-order valence-electron chi connectivity index (χ2n) is 8.95. The summed E-state index contributed by atoms with van der Waals surface area (Å²) in [5.41, 5.74) is 4.08. The number of aryl methyl sites for hydroxylation is 1. The number of para-hydroxylation sites is 1. The van der Waals surface area contributed by atoms with Crippen LogP contribution in [0.25, 0.3) is 0 Å². The van der Waals surface area contributed by atoms with E-state index in [0.717, 1.165) is 35.2 Å². The van der Waals surface area contributed by atoms with Gasteiger partial charge in [-0.3, -0.25) is 4.90 Å². The number of nitrogens with one attached hydrogen (secondary N) is 1. The molecule has 144 valence electrons. The summed E-state index contributed by atoms with van der Waals surface area (Å²) in [5, 5.41) is 4.48. The summed E-state index contributed by atoms with van der Waals surface area (Å²) in [6.07, 6.45) is 10.7. The number of piperidine rings is 3. The minimum Gasteiger partial charge on any atom is -0.342 e. The maximum Gasteiger partial charge on any atom is 0.173 e. The number of likely N-dealkylation sites (tertiary alicyclic amines) is 1. The van der Waals surface area contributed by atoms with Crippen molar-refractivity contribution in [1.29, 1.82) is 0 Å². The van der Waals surface area contributed by atoms with Gasteiger partial charge in [-0.05, 0) is 81.3 Å². The van der Waals surface area contributed by atoms with E-state index in [0.29, 0.717) is 6.04 Å². The molecule has 2 bridgehead atoms. The Morgan fingerprint density at radius 2 is 2.04 bits per heavy atom. The first-order valence-corrected chi connectivity index (χ1v) is 11.2. The Hall–Kier alpha value is -1.39. The molecule has 0 amide bonds. The summed E-state index contributed by atoms with van der Waals surface area (Å²) >= 11 is 5.92. The number of thiocarbonyl (C=S) groups is 1. The minimum absolute atomic E-state index is 0.516. The Labute approximate surface area is 168 Å². The first-order chi connectivity index (χ1) is 13.2. The molecule has 4 atom stereocenters. The van der Waals surface area contributed by atoms with Crippen LogP contribution in [0.5, 0.6) is 0 Å². The smallest absolute Gasteiger partial charge is 0.173 e. The lowest BCUT2D eigenvalue weighted by atomic mass is 9.68. The first kappa shape index (κ1) is 17.7. The van der Waals surface area contributed by atoms with Gasteiger partial charge in [-0.15, -0.1) is 0 Å². The molecular weight excluding hydrogens is 350 g/mol. The van der Waals surface area contributed by atoms with Gasteiger partial charge in [-0.1, -0.05) is 36.3 Å². The van der Waals surface area contributed by atoms with Crippen molar-refractivity contribution in [2.45, 2.75) is 57.5 Å². The number of benzene rings is 1. The number of hydrogen-bond donors (Lipinski definition) is 1. The Morgan fingerprint density at radius 3 is 2.93 bits per heavy atom. The van der Waals surface area contributed by atoms with Gasteiger partial charge in [0.05, 0.1) is 6.04 Å².